The zero-order valence-electron chi connectivity index (χ0n) is 28.2. The molecule has 4 aromatic heterocycles. The van der Waals surface area contributed by atoms with E-state index < -0.39 is 0 Å². The van der Waals surface area contributed by atoms with Gasteiger partial charge in [-0.15, -0.1) is 22.7 Å². The first kappa shape index (κ1) is 29.2. The van der Waals surface area contributed by atoms with Gasteiger partial charge in [-0.2, -0.15) is 0 Å². The average Bonchev–Trinajstić information content (AvgIpc) is 3.98. The normalized spacial score (nSPS) is 12.2. The number of anilines is 3. The van der Waals surface area contributed by atoms with Crippen LogP contribution in [0.1, 0.15) is 0 Å². The van der Waals surface area contributed by atoms with Crippen LogP contribution in [0.4, 0.5) is 17.1 Å². The quantitative estimate of drug-likeness (QED) is 0.182. The Kier molecular flexibility index (Phi) is 6.09. The van der Waals surface area contributed by atoms with E-state index in [1.54, 1.807) is 0 Å². The fraction of sp³-hybridized carbons (Fsp3) is 0. The molecule has 53 heavy (non-hydrogen) atoms. The van der Waals surface area contributed by atoms with Crippen molar-refractivity contribution in [1.82, 2.24) is 0 Å². The van der Waals surface area contributed by atoms with Gasteiger partial charge in [0.2, 0.25) is 0 Å². The predicted molar refractivity (Wildman–Crippen MR) is 227 cm³/mol. The molecule has 0 unspecified atom stereocenters. The lowest BCUT2D eigenvalue weighted by Gasteiger charge is -2.27. The number of benzene rings is 8. The maximum absolute atomic E-state index is 6.50. The molecule has 0 saturated heterocycles. The Balaban J connectivity index is 1.09. The maximum Gasteiger partial charge on any atom is 0.136 e. The summed E-state index contributed by atoms with van der Waals surface area (Å²) >= 11 is 3.73. The highest BCUT2D eigenvalue weighted by Gasteiger charge is 2.23. The molecule has 0 aliphatic heterocycles. The Hall–Kier alpha value is -6.40. The first-order valence-corrected chi connectivity index (χ1v) is 19.4. The molecular formula is C48H27NO2S2. The molecule has 3 nitrogen and oxygen atoms in total. The smallest absolute Gasteiger partial charge is 0.136 e. The molecule has 5 heteroatoms. The lowest BCUT2D eigenvalue weighted by Crippen LogP contribution is -2.10. The summed E-state index contributed by atoms with van der Waals surface area (Å²) in [6.45, 7) is 0. The molecule has 0 spiro atoms. The number of rotatable bonds is 4. The summed E-state index contributed by atoms with van der Waals surface area (Å²) < 4.78 is 18.0. The maximum atomic E-state index is 6.50. The third-order valence-electron chi connectivity index (χ3n) is 10.7. The van der Waals surface area contributed by atoms with Crippen LogP contribution in [0.3, 0.4) is 0 Å². The molecule has 0 radical (unpaired) electrons. The lowest BCUT2D eigenvalue weighted by molar-refractivity contribution is 0.663. The standard InChI is InChI=1S/C48H27NO2S2/c1-4-18-38-35(12-1)45-40(50-38)26-27-41-46(45)44-30(13-9-19-39(44)51-41)28-22-24-29(25-23-28)49(36-16-7-14-33-31-10-2-5-20-42(31)52-47(33)36)37-17-8-15-34-32-11-3-6-21-43(32)53-48(34)37/h1-27H. The van der Waals surface area contributed by atoms with Gasteiger partial charge in [-0.1, -0.05) is 103 Å². The number of fused-ring (bicyclic) bond motifs is 13. The van der Waals surface area contributed by atoms with Crippen LogP contribution >= 0.6 is 22.7 Å². The van der Waals surface area contributed by atoms with Crippen molar-refractivity contribution in [3.8, 4) is 11.1 Å². The first-order valence-electron chi connectivity index (χ1n) is 17.7. The minimum Gasteiger partial charge on any atom is -0.456 e. The first-order chi connectivity index (χ1) is 26.3. The Bertz CT molecular complexity index is 3300. The predicted octanol–water partition coefficient (Wildman–Crippen LogP) is 15.4. The van der Waals surface area contributed by atoms with Crippen LogP contribution in [0.15, 0.2) is 173 Å². The summed E-state index contributed by atoms with van der Waals surface area (Å²) in [6, 6.07) is 58.7. The molecule has 0 saturated carbocycles. The second kappa shape index (κ2) is 11.1. The van der Waals surface area contributed by atoms with E-state index in [0.717, 1.165) is 60.7 Å². The van der Waals surface area contributed by atoms with Gasteiger partial charge in [-0.3, -0.25) is 0 Å². The number of hydrogen-bond donors (Lipinski definition) is 0. The highest BCUT2D eigenvalue weighted by atomic mass is 32.1. The highest BCUT2D eigenvalue weighted by molar-refractivity contribution is 7.27. The molecule has 0 aliphatic rings. The van der Waals surface area contributed by atoms with E-state index in [-0.39, 0.29) is 0 Å². The monoisotopic (exact) mass is 713 g/mol. The number of para-hydroxylation sites is 1. The van der Waals surface area contributed by atoms with Gasteiger partial charge in [-0.05, 0) is 71.8 Å². The fourth-order valence-corrected chi connectivity index (χ4v) is 10.8. The minimum atomic E-state index is 0.863. The largest absolute Gasteiger partial charge is 0.456 e. The molecule has 0 N–H and O–H groups in total. The molecule has 8 aromatic carbocycles. The van der Waals surface area contributed by atoms with Gasteiger partial charge >= 0.3 is 0 Å². The second-order valence-electron chi connectivity index (χ2n) is 13.6. The zero-order valence-corrected chi connectivity index (χ0v) is 29.8. The van der Waals surface area contributed by atoms with E-state index in [1.807, 2.05) is 46.9 Å². The lowest BCUT2D eigenvalue weighted by atomic mass is 9.97. The molecule has 0 aliphatic carbocycles. The van der Waals surface area contributed by atoms with Crippen molar-refractivity contribution in [2.24, 2.45) is 0 Å². The number of hydrogen-bond acceptors (Lipinski definition) is 5. The fourth-order valence-electron chi connectivity index (χ4n) is 8.38. The van der Waals surface area contributed by atoms with Crippen molar-refractivity contribution >= 4 is 124 Å². The molecule has 12 rings (SSSR count). The number of nitrogens with zero attached hydrogens (tertiary/aromatic N) is 1. The molecular weight excluding hydrogens is 687 g/mol. The average molecular weight is 714 g/mol. The summed E-state index contributed by atoms with van der Waals surface area (Å²) in [7, 11) is 0. The van der Waals surface area contributed by atoms with Crippen molar-refractivity contribution in [1.29, 1.82) is 0 Å². The van der Waals surface area contributed by atoms with Crippen molar-refractivity contribution in [3.05, 3.63) is 164 Å². The Morgan fingerprint density at radius 2 is 0.868 bits per heavy atom. The van der Waals surface area contributed by atoms with E-state index in [1.165, 1.54) is 51.7 Å². The summed E-state index contributed by atoms with van der Waals surface area (Å²) in [4.78, 5) is 2.47. The Morgan fingerprint density at radius 1 is 0.358 bits per heavy atom. The van der Waals surface area contributed by atoms with Gasteiger partial charge in [0.1, 0.15) is 22.3 Å². The van der Waals surface area contributed by atoms with Crippen LogP contribution < -0.4 is 4.90 Å². The summed E-state index contributed by atoms with van der Waals surface area (Å²) in [6.07, 6.45) is 0. The van der Waals surface area contributed by atoms with Crippen LogP contribution in [0.25, 0.3) is 95.3 Å². The van der Waals surface area contributed by atoms with Gasteiger partial charge in [0, 0.05) is 58.2 Å². The Morgan fingerprint density at radius 3 is 1.55 bits per heavy atom. The zero-order chi connectivity index (χ0) is 34.6. The van der Waals surface area contributed by atoms with Crippen LogP contribution in [-0.2, 0) is 0 Å². The summed E-state index contributed by atoms with van der Waals surface area (Å²) in [5, 5.41) is 9.55. The van der Waals surface area contributed by atoms with Crippen molar-refractivity contribution in [2.75, 3.05) is 4.90 Å². The molecule has 4 heterocycles. The highest BCUT2D eigenvalue weighted by Crippen LogP contribution is 2.49. The number of thiophene rings is 2. The summed E-state index contributed by atoms with van der Waals surface area (Å²) in [5.41, 5.74) is 9.22. The van der Waals surface area contributed by atoms with E-state index in [2.05, 4.69) is 144 Å². The topological polar surface area (TPSA) is 29.5 Å². The third-order valence-corrected chi connectivity index (χ3v) is 13.1. The minimum absolute atomic E-state index is 0.863. The van der Waals surface area contributed by atoms with Crippen LogP contribution in [-0.4, -0.2) is 0 Å². The van der Waals surface area contributed by atoms with Gasteiger partial charge in [0.15, 0.2) is 0 Å². The molecule has 12 aromatic rings. The Labute approximate surface area is 311 Å². The molecule has 0 amide bonds. The van der Waals surface area contributed by atoms with Gasteiger partial charge in [-0.25, -0.2) is 0 Å². The van der Waals surface area contributed by atoms with E-state index in [4.69, 9.17) is 8.83 Å². The van der Waals surface area contributed by atoms with Crippen LogP contribution in [0, 0.1) is 0 Å². The van der Waals surface area contributed by atoms with Crippen molar-refractivity contribution in [2.45, 2.75) is 0 Å². The molecule has 0 fully saturated rings. The molecule has 0 atom stereocenters. The molecule has 248 valence electrons. The molecule has 0 bridgehead atoms. The van der Waals surface area contributed by atoms with E-state index in [0.29, 0.717) is 0 Å². The van der Waals surface area contributed by atoms with Gasteiger partial charge < -0.3 is 13.7 Å². The number of furan rings is 2. The van der Waals surface area contributed by atoms with Gasteiger partial charge in [0.25, 0.3) is 0 Å². The second-order valence-corrected chi connectivity index (χ2v) is 15.7. The SMILES string of the molecule is c1ccc2c(c1)oc1ccc3oc4cccc(-c5ccc(N(c6cccc7c6sc6ccccc67)c6cccc7c6sc6ccccc67)cc5)c4c3c12. The van der Waals surface area contributed by atoms with Gasteiger partial charge in [0.05, 0.1) is 20.8 Å². The van der Waals surface area contributed by atoms with Crippen LogP contribution in [0.2, 0.25) is 0 Å². The van der Waals surface area contributed by atoms with E-state index >= 15 is 0 Å². The van der Waals surface area contributed by atoms with Crippen LogP contribution in [0.5, 0.6) is 0 Å². The van der Waals surface area contributed by atoms with Crippen molar-refractivity contribution < 1.29 is 8.83 Å². The summed E-state index contributed by atoms with van der Waals surface area (Å²) in [5.74, 6) is 0. The van der Waals surface area contributed by atoms with Crippen molar-refractivity contribution in [3.63, 3.8) is 0 Å². The third kappa shape index (κ3) is 4.20. The van der Waals surface area contributed by atoms with E-state index in [9.17, 15) is 0 Å².